The molecule has 2 atom stereocenters. The largest absolute Gasteiger partial charge is 0.303 e. The lowest BCUT2D eigenvalue weighted by Gasteiger charge is -2.26. The number of aryl methyl sites for hydroxylation is 1. The standard InChI is InChI=1S/C26H36FN/c1-2-19-28(21-18-22-9-4-3-5-10-22)20-8-11-23-14-16-24(17-15-23)25-12-6-7-13-26(25)27/h3-5,9-10,14-17,25-26H,2,6-8,11-13,18-21H2,1H3. The van der Waals surface area contributed by atoms with E-state index in [0.717, 1.165) is 45.2 Å². The highest BCUT2D eigenvalue weighted by atomic mass is 19.1. The molecule has 1 aliphatic rings. The average molecular weight is 382 g/mol. The molecular weight excluding hydrogens is 345 g/mol. The van der Waals surface area contributed by atoms with Gasteiger partial charge in [-0.15, -0.1) is 0 Å². The Morgan fingerprint density at radius 2 is 1.54 bits per heavy atom. The van der Waals surface area contributed by atoms with Crippen LogP contribution in [0.1, 0.15) is 68.1 Å². The van der Waals surface area contributed by atoms with Gasteiger partial charge in [-0.2, -0.15) is 0 Å². The van der Waals surface area contributed by atoms with E-state index in [0.29, 0.717) is 0 Å². The van der Waals surface area contributed by atoms with E-state index in [1.54, 1.807) is 0 Å². The first-order valence-electron chi connectivity index (χ1n) is 11.3. The Labute approximate surface area is 171 Å². The maximum atomic E-state index is 14.2. The van der Waals surface area contributed by atoms with Gasteiger partial charge in [0.05, 0.1) is 0 Å². The van der Waals surface area contributed by atoms with Crippen molar-refractivity contribution in [1.82, 2.24) is 4.90 Å². The van der Waals surface area contributed by atoms with Crippen molar-refractivity contribution in [2.75, 3.05) is 19.6 Å². The summed E-state index contributed by atoms with van der Waals surface area (Å²) in [5.74, 6) is 0.126. The third-order valence-electron chi connectivity index (χ3n) is 6.13. The van der Waals surface area contributed by atoms with E-state index >= 15 is 0 Å². The van der Waals surface area contributed by atoms with Gasteiger partial charge in [-0.05, 0) is 68.3 Å². The van der Waals surface area contributed by atoms with Crippen molar-refractivity contribution in [2.45, 2.75) is 70.4 Å². The molecule has 0 bridgehead atoms. The molecule has 2 heteroatoms. The topological polar surface area (TPSA) is 3.24 Å². The molecule has 1 fully saturated rings. The van der Waals surface area contributed by atoms with Gasteiger partial charge in [0.15, 0.2) is 0 Å². The number of rotatable bonds is 10. The molecule has 0 amide bonds. The lowest BCUT2D eigenvalue weighted by molar-refractivity contribution is 0.216. The number of hydrogen-bond donors (Lipinski definition) is 0. The third kappa shape index (κ3) is 6.44. The van der Waals surface area contributed by atoms with E-state index in [9.17, 15) is 4.39 Å². The molecule has 2 unspecified atom stereocenters. The van der Waals surface area contributed by atoms with E-state index in [-0.39, 0.29) is 5.92 Å². The summed E-state index contributed by atoms with van der Waals surface area (Å²) in [4.78, 5) is 2.59. The Bertz CT molecular complexity index is 667. The Kier molecular flexibility index (Phi) is 8.54. The van der Waals surface area contributed by atoms with Crippen LogP contribution in [0.4, 0.5) is 4.39 Å². The Hall–Kier alpha value is -1.67. The Morgan fingerprint density at radius 1 is 0.821 bits per heavy atom. The summed E-state index contributed by atoms with van der Waals surface area (Å²) in [5, 5.41) is 0. The van der Waals surface area contributed by atoms with E-state index in [1.165, 1.54) is 42.5 Å². The summed E-state index contributed by atoms with van der Waals surface area (Å²) in [5.41, 5.74) is 4.01. The molecular formula is C26H36FN. The van der Waals surface area contributed by atoms with Gasteiger partial charge in [0.1, 0.15) is 6.17 Å². The second-order valence-corrected chi connectivity index (χ2v) is 8.33. The van der Waals surface area contributed by atoms with Crippen LogP contribution in [0.2, 0.25) is 0 Å². The lowest BCUT2D eigenvalue weighted by atomic mass is 9.82. The number of benzene rings is 2. The highest BCUT2D eigenvalue weighted by molar-refractivity contribution is 5.26. The number of hydrogen-bond acceptors (Lipinski definition) is 1. The van der Waals surface area contributed by atoms with Crippen molar-refractivity contribution in [3.63, 3.8) is 0 Å². The molecule has 1 saturated carbocycles. The normalized spacial score (nSPS) is 19.8. The van der Waals surface area contributed by atoms with Gasteiger partial charge in [0.25, 0.3) is 0 Å². The molecule has 2 aromatic carbocycles. The van der Waals surface area contributed by atoms with E-state index in [2.05, 4.69) is 66.4 Å². The second-order valence-electron chi connectivity index (χ2n) is 8.33. The van der Waals surface area contributed by atoms with Gasteiger partial charge in [-0.3, -0.25) is 0 Å². The predicted octanol–water partition coefficient (Wildman–Crippen LogP) is 6.57. The Balaban J connectivity index is 1.44. The summed E-state index contributed by atoms with van der Waals surface area (Å²) in [6, 6.07) is 19.6. The van der Waals surface area contributed by atoms with Crippen molar-refractivity contribution < 1.29 is 4.39 Å². The minimum absolute atomic E-state index is 0.126. The molecule has 0 heterocycles. The molecule has 1 aliphatic carbocycles. The first kappa shape index (κ1) is 21.0. The van der Waals surface area contributed by atoms with Gasteiger partial charge >= 0.3 is 0 Å². The quantitative estimate of drug-likeness (QED) is 0.450. The van der Waals surface area contributed by atoms with Gasteiger partial charge in [0, 0.05) is 12.5 Å². The maximum Gasteiger partial charge on any atom is 0.107 e. The third-order valence-corrected chi connectivity index (χ3v) is 6.13. The smallest absolute Gasteiger partial charge is 0.107 e. The highest BCUT2D eigenvalue weighted by Gasteiger charge is 2.25. The first-order valence-corrected chi connectivity index (χ1v) is 11.3. The summed E-state index contributed by atoms with van der Waals surface area (Å²) < 4.78 is 14.2. The molecule has 28 heavy (non-hydrogen) atoms. The SMILES string of the molecule is CCCN(CCCc1ccc(C2CCCCC2F)cc1)CCc1ccccc1. The molecule has 152 valence electrons. The van der Waals surface area contributed by atoms with Gasteiger partial charge in [-0.1, -0.05) is 74.4 Å². The summed E-state index contributed by atoms with van der Waals surface area (Å²) in [6.07, 6.45) is 7.94. The van der Waals surface area contributed by atoms with Crippen molar-refractivity contribution >= 4 is 0 Å². The van der Waals surface area contributed by atoms with Crippen LogP contribution < -0.4 is 0 Å². The molecule has 0 aromatic heterocycles. The fourth-order valence-corrected chi connectivity index (χ4v) is 4.48. The first-order chi connectivity index (χ1) is 13.8. The van der Waals surface area contributed by atoms with Crippen molar-refractivity contribution in [1.29, 1.82) is 0 Å². The lowest BCUT2D eigenvalue weighted by Crippen LogP contribution is -2.28. The minimum atomic E-state index is -0.646. The van der Waals surface area contributed by atoms with E-state index < -0.39 is 6.17 Å². The van der Waals surface area contributed by atoms with Crippen molar-refractivity contribution in [2.24, 2.45) is 0 Å². The van der Waals surface area contributed by atoms with Gasteiger partial charge in [-0.25, -0.2) is 4.39 Å². The number of alkyl halides is 1. The number of nitrogens with zero attached hydrogens (tertiary/aromatic N) is 1. The molecule has 2 aromatic rings. The molecule has 1 nitrogen and oxygen atoms in total. The zero-order valence-corrected chi connectivity index (χ0v) is 17.5. The predicted molar refractivity (Wildman–Crippen MR) is 118 cm³/mol. The molecule has 0 saturated heterocycles. The zero-order valence-electron chi connectivity index (χ0n) is 17.5. The van der Waals surface area contributed by atoms with Crippen LogP contribution in [-0.4, -0.2) is 30.7 Å². The zero-order chi connectivity index (χ0) is 19.6. The molecule has 0 radical (unpaired) electrons. The fraction of sp³-hybridized carbons (Fsp3) is 0.538. The van der Waals surface area contributed by atoms with Crippen LogP contribution in [0.5, 0.6) is 0 Å². The minimum Gasteiger partial charge on any atom is -0.303 e. The van der Waals surface area contributed by atoms with Crippen LogP contribution in [0.3, 0.4) is 0 Å². The maximum absolute atomic E-state index is 14.2. The second kappa shape index (κ2) is 11.4. The molecule has 0 N–H and O–H groups in total. The van der Waals surface area contributed by atoms with Crippen LogP contribution >= 0.6 is 0 Å². The van der Waals surface area contributed by atoms with E-state index in [1.807, 2.05) is 0 Å². The average Bonchev–Trinajstić information content (AvgIpc) is 2.74. The van der Waals surface area contributed by atoms with Gasteiger partial charge in [0.2, 0.25) is 0 Å². The Morgan fingerprint density at radius 3 is 2.25 bits per heavy atom. The van der Waals surface area contributed by atoms with Crippen LogP contribution in [0, 0.1) is 0 Å². The van der Waals surface area contributed by atoms with Gasteiger partial charge < -0.3 is 4.90 Å². The summed E-state index contributed by atoms with van der Waals surface area (Å²) in [7, 11) is 0. The molecule has 3 rings (SSSR count). The monoisotopic (exact) mass is 381 g/mol. The summed E-state index contributed by atoms with van der Waals surface area (Å²) in [6.45, 7) is 5.72. The highest BCUT2D eigenvalue weighted by Crippen LogP contribution is 2.35. The molecule has 0 spiro atoms. The van der Waals surface area contributed by atoms with Crippen molar-refractivity contribution in [3.05, 3.63) is 71.3 Å². The molecule has 0 aliphatic heterocycles. The fourth-order valence-electron chi connectivity index (χ4n) is 4.48. The van der Waals surface area contributed by atoms with Crippen LogP contribution in [0.15, 0.2) is 54.6 Å². The summed E-state index contributed by atoms with van der Waals surface area (Å²) >= 11 is 0. The van der Waals surface area contributed by atoms with Crippen molar-refractivity contribution in [3.8, 4) is 0 Å². The van der Waals surface area contributed by atoms with Crippen LogP contribution in [-0.2, 0) is 12.8 Å². The van der Waals surface area contributed by atoms with Crippen LogP contribution in [0.25, 0.3) is 0 Å². The van der Waals surface area contributed by atoms with E-state index in [4.69, 9.17) is 0 Å². The number of halogens is 1.